The zero-order chi connectivity index (χ0) is 14.0. The Morgan fingerprint density at radius 3 is 2.74 bits per heavy atom. The van der Waals surface area contributed by atoms with Crippen LogP contribution in [-0.2, 0) is 0 Å². The van der Waals surface area contributed by atoms with Crippen LogP contribution in [0.3, 0.4) is 0 Å². The van der Waals surface area contributed by atoms with Crippen molar-refractivity contribution in [2.45, 2.75) is 19.4 Å². The molecule has 1 N–H and O–H groups in total. The molecule has 1 aromatic heterocycles. The molecule has 0 aliphatic carbocycles. The number of rotatable bonds is 4. The van der Waals surface area contributed by atoms with E-state index >= 15 is 0 Å². The van der Waals surface area contributed by atoms with Crippen LogP contribution in [0, 0.1) is 4.77 Å². The van der Waals surface area contributed by atoms with Crippen LogP contribution in [0.15, 0.2) is 29.1 Å². The average molecular weight is 277 g/mol. The Morgan fingerprint density at radius 1 is 1.37 bits per heavy atom. The number of aromatic nitrogens is 2. The van der Waals surface area contributed by atoms with Crippen LogP contribution < -0.4 is 5.56 Å². The molecule has 0 aliphatic heterocycles. The first kappa shape index (κ1) is 14.0. The van der Waals surface area contributed by atoms with Crippen LogP contribution >= 0.6 is 12.2 Å². The molecule has 0 saturated heterocycles. The molecule has 0 bridgehead atoms. The maximum atomic E-state index is 12.5. The second-order valence-corrected chi connectivity index (χ2v) is 5.48. The lowest BCUT2D eigenvalue weighted by molar-refractivity contribution is 0.353. The smallest absolute Gasteiger partial charge is 0.262 e. The molecular formula is C14H19N3OS. The summed E-state index contributed by atoms with van der Waals surface area (Å²) in [6, 6.07) is 7.56. The van der Waals surface area contributed by atoms with Crippen LogP contribution in [0.25, 0.3) is 10.9 Å². The standard InChI is InChI=1S/C14H19N3OS/c1-10(8-9-16(2)3)17-13(18)11-6-4-5-7-12(11)15-14(17)19/h4-7,10H,8-9H2,1-3H3,(H,15,19). The fraction of sp³-hybridized carbons (Fsp3) is 0.429. The Bertz CT molecular complexity index is 687. The van der Waals surface area contributed by atoms with E-state index < -0.39 is 0 Å². The van der Waals surface area contributed by atoms with Gasteiger partial charge in [0.05, 0.1) is 10.9 Å². The molecular weight excluding hydrogens is 258 g/mol. The molecule has 0 radical (unpaired) electrons. The normalized spacial score (nSPS) is 13.1. The first-order valence-corrected chi connectivity index (χ1v) is 6.80. The molecule has 0 fully saturated rings. The van der Waals surface area contributed by atoms with Crippen LogP contribution in [0.4, 0.5) is 0 Å². The van der Waals surface area contributed by atoms with E-state index in [1.165, 1.54) is 0 Å². The molecule has 1 atom stereocenters. The zero-order valence-corrected chi connectivity index (χ0v) is 12.3. The third kappa shape index (κ3) is 2.93. The number of H-pyrrole nitrogens is 1. The minimum atomic E-state index is -0.00870. The van der Waals surface area contributed by atoms with Crippen LogP contribution in [-0.4, -0.2) is 35.1 Å². The Labute approximate surface area is 117 Å². The summed E-state index contributed by atoms with van der Waals surface area (Å²) in [5, 5.41) is 0.688. The predicted octanol–water partition coefficient (Wildman–Crippen LogP) is 2.57. The number of nitrogens with one attached hydrogen (secondary N) is 1. The SMILES string of the molecule is CC(CCN(C)C)n1c(=S)[nH]c2ccccc2c1=O. The van der Waals surface area contributed by atoms with Crippen molar-refractivity contribution >= 4 is 23.1 Å². The number of fused-ring (bicyclic) bond motifs is 1. The number of benzene rings is 1. The van der Waals surface area contributed by atoms with Gasteiger partial charge in [0.25, 0.3) is 5.56 Å². The number of hydrogen-bond donors (Lipinski definition) is 1. The topological polar surface area (TPSA) is 41.0 Å². The second-order valence-electron chi connectivity index (χ2n) is 5.09. The van der Waals surface area contributed by atoms with Crippen molar-refractivity contribution < 1.29 is 0 Å². The van der Waals surface area contributed by atoms with Gasteiger partial charge in [-0.15, -0.1) is 0 Å². The summed E-state index contributed by atoms with van der Waals surface area (Å²) in [5.74, 6) is 0. The molecule has 2 aromatic rings. The van der Waals surface area contributed by atoms with E-state index in [0.717, 1.165) is 18.5 Å². The summed E-state index contributed by atoms with van der Waals surface area (Å²) >= 11 is 5.32. The molecule has 5 heteroatoms. The summed E-state index contributed by atoms with van der Waals surface area (Å²) < 4.78 is 2.18. The van der Waals surface area contributed by atoms with Gasteiger partial charge < -0.3 is 9.88 Å². The Morgan fingerprint density at radius 2 is 2.05 bits per heavy atom. The number of hydrogen-bond acceptors (Lipinski definition) is 3. The van der Waals surface area contributed by atoms with E-state index in [2.05, 4.69) is 9.88 Å². The van der Waals surface area contributed by atoms with Crippen molar-refractivity contribution in [3.63, 3.8) is 0 Å². The fourth-order valence-electron chi connectivity index (χ4n) is 2.15. The highest BCUT2D eigenvalue weighted by atomic mass is 32.1. The van der Waals surface area contributed by atoms with Gasteiger partial charge in [-0.25, -0.2) is 0 Å². The van der Waals surface area contributed by atoms with Gasteiger partial charge in [0.1, 0.15) is 0 Å². The van der Waals surface area contributed by atoms with Crippen molar-refractivity contribution in [2.75, 3.05) is 20.6 Å². The van der Waals surface area contributed by atoms with Gasteiger partial charge in [-0.2, -0.15) is 0 Å². The second kappa shape index (κ2) is 5.67. The number of aromatic amines is 1. The number of para-hydroxylation sites is 1. The van der Waals surface area contributed by atoms with Gasteiger partial charge in [0, 0.05) is 6.04 Å². The Balaban J connectivity index is 2.49. The van der Waals surface area contributed by atoms with E-state index in [9.17, 15) is 4.79 Å². The maximum Gasteiger partial charge on any atom is 0.262 e. The zero-order valence-electron chi connectivity index (χ0n) is 11.5. The van der Waals surface area contributed by atoms with Gasteiger partial charge in [0.2, 0.25) is 0 Å². The van der Waals surface area contributed by atoms with Crippen LogP contribution in [0.2, 0.25) is 0 Å². The molecule has 0 saturated carbocycles. The van der Waals surface area contributed by atoms with Gasteiger partial charge in [0.15, 0.2) is 4.77 Å². The molecule has 0 amide bonds. The average Bonchev–Trinajstić information content (AvgIpc) is 2.36. The van der Waals surface area contributed by atoms with Crippen molar-refractivity contribution in [1.82, 2.24) is 14.5 Å². The van der Waals surface area contributed by atoms with Gasteiger partial charge in [-0.3, -0.25) is 9.36 Å². The van der Waals surface area contributed by atoms with Crippen LogP contribution in [0.1, 0.15) is 19.4 Å². The lowest BCUT2D eigenvalue weighted by Gasteiger charge is -2.18. The monoisotopic (exact) mass is 277 g/mol. The quantitative estimate of drug-likeness (QED) is 0.873. The van der Waals surface area contributed by atoms with Crippen molar-refractivity contribution in [2.24, 2.45) is 0 Å². The van der Waals surface area contributed by atoms with Gasteiger partial charge in [-0.05, 0) is 58.3 Å². The summed E-state index contributed by atoms with van der Waals surface area (Å²) in [4.78, 5) is 17.7. The summed E-state index contributed by atoms with van der Waals surface area (Å²) in [6.45, 7) is 2.96. The van der Waals surface area contributed by atoms with E-state index in [-0.39, 0.29) is 11.6 Å². The minimum absolute atomic E-state index is 0.00870. The number of nitrogens with zero attached hydrogens (tertiary/aromatic N) is 2. The predicted molar refractivity (Wildman–Crippen MR) is 81.3 cm³/mol. The molecule has 0 aliphatic rings. The van der Waals surface area contributed by atoms with Crippen molar-refractivity contribution in [3.8, 4) is 0 Å². The van der Waals surface area contributed by atoms with E-state index in [4.69, 9.17) is 12.2 Å². The molecule has 102 valence electrons. The van der Waals surface area contributed by atoms with E-state index in [1.807, 2.05) is 45.3 Å². The summed E-state index contributed by atoms with van der Waals surface area (Å²) in [6.07, 6.45) is 0.892. The largest absolute Gasteiger partial charge is 0.332 e. The molecule has 0 spiro atoms. The third-order valence-corrected chi connectivity index (χ3v) is 3.57. The highest BCUT2D eigenvalue weighted by Crippen LogP contribution is 2.12. The van der Waals surface area contributed by atoms with E-state index in [1.54, 1.807) is 4.57 Å². The van der Waals surface area contributed by atoms with Crippen LogP contribution in [0.5, 0.6) is 0 Å². The van der Waals surface area contributed by atoms with Crippen molar-refractivity contribution in [3.05, 3.63) is 39.4 Å². The Kier molecular flexibility index (Phi) is 4.17. The third-order valence-electron chi connectivity index (χ3n) is 3.27. The lowest BCUT2D eigenvalue weighted by atomic mass is 10.2. The lowest BCUT2D eigenvalue weighted by Crippen LogP contribution is -2.27. The molecule has 4 nitrogen and oxygen atoms in total. The summed E-state index contributed by atoms with van der Waals surface area (Å²) in [5.41, 5.74) is 0.791. The highest BCUT2D eigenvalue weighted by Gasteiger charge is 2.11. The molecule has 2 rings (SSSR count). The molecule has 19 heavy (non-hydrogen) atoms. The van der Waals surface area contributed by atoms with Crippen molar-refractivity contribution in [1.29, 1.82) is 0 Å². The van der Waals surface area contributed by atoms with E-state index in [0.29, 0.717) is 10.2 Å². The molecule has 1 unspecified atom stereocenters. The highest BCUT2D eigenvalue weighted by molar-refractivity contribution is 7.71. The molecule has 1 aromatic carbocycles. The fourth-order valence-corrected chi connectivity index (χ4v) is 2.52. The Hall–Kier alpha value is -1.46. The molecule has 1 heterocycles. The maximum absolute atomic E-state index is 12.5. The summed E-state index contributed by atoms with van der Waals surface area (Å²) in [7, 11) is 4.05. The van der Waals surface area contributed by atoms with Gasteiger partial charge in [-0.1, -0.05) is 12.1 Å². The van der Waals surface area contributed by atoms with Gasteiger partial charge >= 0.3 is 0 Å². The first-order valence-electron chi connectivity index (χ1n) is 6.39. The first-order chi connectivity index (χ1) is 9.00. The minimum Gasteiger partial charge on any atom is -0.332 e.